The number of rotatable bonds is 10. The molecule has 0 spiro atoms. The van der Waals surface area contributed by atoms with E-state index in [1.807, 2.05) is 5.92 Å². The number of anilines is 1. The Kier molecular flexibility index (Phi) is 8.30. The Hall–Kier alpha value is -2.11. The zero-order valence-corrected chi connectivity index (χ0v) is 20.8. The fourth-order valence-electron chi connectivity index (χ4n) is 3.29. The molecule has 1 fully saturated rings. The third kappa shape index (κ3) is 5.11. The number of nitrogens with zero attached hydrogens (tertiary/aromatic N) is 5. The Morgan fingerprint density at radius 2 is 2.21 bits per heavy atom. The number of halogens is 1. The Labute approximate surface area is 200 Å². The third-order valence-electron chi connectivity index (χ3n) is 5.05. The first-order valence-electron chi connectivity index (χ1n) is 10.1. The molecule has 0 aliphatic carbocycles. The van der Waals surface area contributed by atoms with Gasteiger partial charge in [0.2, 0.25) is 5.67 Å². The number of ether oxygens (including phenoxy) is 1. The number of thioether (sulfide) groups is 1. The van der Waals surface area contributed by atoms with Crippen molar-refractivity contribution < 1.29 is 32.6 Å². The van der Waals surface area contributed by atoms with Gasteiger partial charge in [-0.1, -0.05) is 17.7 Å². The molecule has 0 radical (unpaired) electrons. The van der Waals surface area contributed by atoms with Gasteiger partial charge in [-0.2, -0.15) is 0 Å². The van der Waals surface area contributed by atoms with Crippen molar-refractivity contribution in [2.45, 2.75) is 31.0 Å². The summed E-state index contributed by atoms with van der Waals surface area (Å²) in [5.74, 6) is 2.66. The van der Waals surface area contributed by atoms with Gasteiger partial charge in [0.05, 0.1) is 19.5 Å². The molecule has 34 heavy (non-hydrogen) atoms. The average Bonchev–Trinajstić information content (AvgIpc) is 3.34. The van der Waals surface area contributed by atoms with Crippen LogP contribution in [0.2, 0.25) is 0 Å². The second-order valence-corrected chi connectivity index (χ2v) is 11.0. The molecule has 0 saturated carbocycles. The standard InChI is InChI=1S/C19H26FN6O6PS/c1-6-19(20)15(28)13(9-31-33(29,25(4)5)30-7-8-34-12(2)27)32-18(19)26-11-24-14-16(21-3)22-10-23-17(14)26/h1,10-11,13,15,18,28H,7-9H2,2-5H3,(H,21,22,23)/t13-,15?,18-,19+,33?/m1/s1. The minimum Gasteiger partial charge on any atom is -0.386 e. The van der Waals surface area contributed by atoms with Crippen LogP contribution >= 0.6 is 19.5 Å². The fraction of sp³-hybridized carbons (Fsp3) is 0.579. The molecule has 0 amide bonds. The molecule has 12 nitrogen and oxygen atoms in total. The van der Waals surface area contributed by atoms with Crippen molar-refractivity contribution in [2.75, 3.05) is 45.4 Å². The zero-order chi connectivity index (χ0) is 25.1. The van der Waals surface area contributed by atoms with Crippen molar-refractivity contribution in [3.05, 3.63) is 12.7 Å². The molecule has 5 atom stereocenters. The van der Waals surface area contributed by atoms with E-state index in [-0.39, 0.29) is 23.1 Å². The Morgan fingerprint density at radius 3 is 2.82 bits per heavy atom. The van der Waals surface area contributed by atoms with Crippen LogP contribution in [0.3, 0.4) is 0 Å². The van der Waals surface area contributed by atoms with Crippen LogP contribution in [0.25, 0.3) is 11.2 Å². The van der Waals surface area contributed by atoms with Crippen LogP contribution in [-0.4, -0.2) is 92.4 Å². The smallest absolute Gasteiger partial charge is 0.386 e. The SMILES string of the molecule is C#C[C@]1(F)C(O)[C@@H](COP(=O)(OCCSC(C)=O)N(C)C)O[C@H]1n1cnc2c(NC)ncnc21. The van der Waals surface area contributed by atoms with Crippen LogP contribution < -0.4 is 5.32 Å². The first-order valence-corrected chi connectivity index (χ1v) is 12.6. The number of hydrogen-bond donors (Lipinski definition) is 2. The van der Waals surface area contributed by atoms with Gasteiger partial charge in [-0.25, -0.2) is 28.6 Å². The second kappa shape index (κ2) is 10.7. The Balaban J connectivity index is 1.79. The summed E-state index contributed by atoms with van der Waals surface area (Å²) in [5, 5.41) is 13.4. The summed E-state index contributed by atoms with van der Waals surface area (Å²) >= 11 is 1.01. The maximum absolute atomic E-state index is 15.8. The lowest BCUT2D eigenvalue weighted by Gasteiger charge is -2.25. The highest BCUT2D eigenvalue weighted by molar-refractivity contribution is 8.13. The molecule has 1 aliphatic heterocycles. The van der Waals surface area contributed by atoms with Crippen molar-refractivity contribution in [1.29, 1.82) is 0 Å². The lowest BCUT2D eigenvalue weighted by molar-refractivity contribution is -0.109. The molecule has 0 bridgehead atoms. The van der Waals surface area contributed by atoms with Crippen molar-refractivity contribution in [3.63, 3.8) is 0 Å². The van der Waals surface area contributed by atoms with E-state index in [1.165, 1.54) is 42.9 Å². The molecule has 1 aliphatic rings. The molecule has 186 valence electrons. The number of fused-ring (bicyclic) bond motifs is 1. The molecule has 3 heterocycles. The largest absolute Gasteiger partial charge is 0.407 e. The number of alkyl halides is 1. The summed E-state index contributed by atoms with van der Waals surface area (Å²) in [7, 11) is 0.788. The maximum Gasteiger partial charge on any atom is 0.407 e. The van der Waals surface area contributed by atoms with E-state index in [0.29, 0.717) is 11.3 Å². The number of aliphatic hydroxyl groups is 1. The first kappa shape index (κ1) is 26.5. The maximum atomic E-state index is 15.8. The molecule has 2 unspecified atom stereocenters. The average molecular weight is 516 g/mol. The predicted octanol–water partition coefficient (Wildman–Crippen LogP) is 1.45. The summed E-state index contributed by atoms with van der Waals surface area (Å²) in [6, 6.07) is 0. The summed E-state index contributed by atoms with van der Waals surface area (Å²) < 4.78 is 48.0. The summed E-state index contributed by atoms with van der Waals surface area (Å²) in [6.07, 6.45) is 3.42. The number of carbonyl (C=O) groups is 1. The molecular weight excluding hydrogens is 490 g/mol. The van der Waals surface area contributed by atoms with Crippen LogP contribution in [-0.2, 0) is 23.1 Å². The minimum atomic E-state index is -3.81. The molecule has 3 rings (SSSR count). The number of imidazole rings is 1. The molecule has 15 heteroatoms. The number of carbonyl (C=O) groups excluding carboxylic acids is 1. The number of hydrogen-bond acceptors (Lipinski definition) is 11. The normalized spacial score (nSPS) is 26.5. The molecule has 2 aromatic rings. The summed E-state index contributed by atoms with van der Waals surface area (Å²) in [4.78, 5) is 23.4. The molecule has 1 saturated heterocycles. The fourth-order valence-corrected chi connectivity index (χ4v) is 5.06. The molecule has 0 aromatic carbocycles. The van der Waals surface area contributed by atoms with Gasteiger partial charge >= 0.3 is 7.75 Å². The molecule has 2 aromatic heterocycles. The van der Waals surface area contributed by atoms with Crippen molar-refractivity contribution in [1.82, 2.24) is 24.2 Å². The van der Waals surface area contributed by atoms with Crippen molar-refractivity contribution >= 4 is 41.6 Å². The quantitative estimate of drug-likeness (QED) is 0.268. The van der Waals surface area contributed by atoms with E-state index in [1.54, 1.807) is 7.05 Å². The van der Waals surface area contributed by atoms with E-state index in [2.05, 4.69) is 20.3 Å². The van der Waals surface area contributed by atoms with E-state index >= 15 is 4.39 Å². The molecular formula is C19H26FN6O6PS. The lowest BCUT2D eigenvalue weighted by Crippen LogP contribution is -2.42. The zero-order valence-electron chi connectivity index (χ0n) is 19.0. The van der Waals surface area contributed by atoms with Gasteiger partial charge in [-0.3, -0.25) is 18.4 Å². The number of terminal acetylenes is 1. The highest BCUT2D eigenvalue weighted by atomic mass is 32.2. The summed E-state index contributed by atoms with van der Waals surface area (Å²) in [6.45, 7) is 0.901. The van der Waals surface area contributed by atoms with Gasteiger partial charge in [-0.05, 0) is 14.1 Å². The number of aliphatic hydroxyl groups excluding tert-OH is 1. The highest BCUT2D eigenvalue weighted by Gasteiger charge is 2.58. The predicted molar refractivity (Wildman–Crippen MR) is 124 cm³/mol. The van der Waals surface area contributed by atoms with E-state index in [0.717, 1.165) is 11.8 Å². The van der Waals surface area contributed by atoms with Gasteiger partial charge in [0.25, 0.3) is 0 Å². The van der Waals surface area contributed by atoms with E-state index in [9.17, 15) is 14.5 Å². The van der Waals surface area contributed by atoms with Crippen LogP contribution in [0.4, 0.5) is 10.2 Å². The lowest BCUT2D eigenvalue weighted by atomic mass is 9.97. The van der Waals surface area contributed by atoms with Gasteiger partial charge in [0, 0.05) is 19.7 Å². The van der Waals surface area contributed by atoms with E-state index < -0.39 is 38.5 Å². The first-order chi connectivity index (χ1) is 16.1. The van der Waals surface area contributed by atoms with Gasteiger partial charge in [-0.15, -0.1) is 6.42 Å². The van der Waals surface area contributed by atoms with Crippen LogP contribution in [0.1, 0.15) is 13.2 Å². The third-order valence-corrected chi connectivity index (χ3v) is 7.79. The number of aromatic nitrogens is 4. The van der Waals surface area contributed by atoms with Crippen molar-refractivity contribution in [2.24, 2.45) is 0 Å². The Morgan fingerprint density at radius 1 is 1.47 bits per heavy atom. The number of nitrogens with one attached hydrogen (secondary N) is 1. The van der Waals surface area contributed by atoms with Crippen LogP contribution in [0.15, 0.2) is 12.7 Å². The summed E-state index contributed by atoms with van der Waals surface area (Å²) in [5.41, 5.74) is -2.06. The highest BCUT2D eigenvalue weighted by Crippen LogP contribution is 2.51. The molecule has 2 N–H and O–H groups in total. The minimum absolute atomic E-state index is 0.0255. The van der Waals surface area contributed by atoms with Crippen LogP contribution in [0, 0.1) is 12.3 Å². The van der Waals surface area contributed by atoms with Crippen molar-refractivity contribution in [3.8, 4) is 12.3 Å². The van der Waals surface area contributed by atoms with E-state index in [4.69, 9.17) is 20.2 Å². The van der Waals surface area contributed by atoms with Crippen LogP contribution in [0.5, 0.6) is 0 Å². The van der Waals surface area contributed by atoms with Gasteiger partial charge < -0.3 is 15.2 Å². The topological polar surface area (TPSA) is 141 Å². The Bertz CT molecular complexity index is 1130. The van der Waals surface area contributed by atoms with Gasteiger partial charge in [0.1, 0.15) is 24.1 Å². The monoisotopic (exact) mass is 516 g/mol. The second-order valence-electron chi connectivity index (χ2n) is 7.47. The van der Waals surface area contributed by atoms with Gasteiger partial charge in [0.15, 0.2) is 22.8 Å².